The molecule has 0 aliphatic heterocycles. The van der Waals surface area contributed by atoms with Gasteiger partial charge in [0, 0.05) is 6.07 Å². The fourth-order valence-electron chi connectivity index (χ4n) is 1.89. The van der Waals surface area contributed by atoms with E-state index >= 15 is 0 Å². The molecule has 23 heavy (non-hydrogen) atoms. The first-order chi connectivity index (χ1) is 10.9. The van der Waals surface area contributed by atoms with Crippen LogP contribution in [0.15, 0.2) is 47.4 Å². The number of nitrogens with one attached hydrogen (secondary N) is 2. The fourth-order valence-corrected chi connectivity index (χ4v) is 2.99. The molecule has 2 rings (SSSR count). The largest absolute Gasteiger partial charge is 0.495 e. The highest BCUT2D eigenvalue weighted by Crippen LogP contribution is 2.29. The second-order valence-electron chi connectivity index (χ2n) is 4.39. The summed E-state index contributed by atoms with van der Waals surface area (Å²) in [5.74, 6) is 5.55. The summed E-state index contributed by atoms with van der Waals surface area (Å²) in [6, 6.07) is 9.73. The number of nitrogen functional groups attached to an aromatic ring is 1. The number of nitro groups is 1. The molecule has 0 atom stereocenters. The van der Waals surface area contributed by atoms with Crippen molar-refractivity contribution < 1.29 is 18.1 Å². The van der Waals surface area contributed by atoms with E-state index in [0.29, 0.717) is 5.75 Å². The van der Waals surface area contributed by atoms with Crippen LogP contribution in [0.25, 0.3) is 0 Å². The van der Waals surface area contributed by atoms with Crippen molar-refractivity contribution in [3.63, 3.8) is 0 Å². The molecule has 0 aliphatic carbocycles. The Morgan fingerprint density at radius 3 is 2.48 bits per heavy atom. The molecule has 0 amide bonds. The van der Waals surface area contributed by atoms with E-state index in [1.165, 1.54) is 13.2 Å². The predicted molar refractivity (Wildman–Crippen MR) is 84.7 cm³/mol. The maximum absolute atomic E-state index is 12.4. The summed E-state index contributed by atoms with van der Waals surface area (Å²) < 4.78 is 32.3. The minimum absolute atomic E-state index is 0.113. The first kappa shape index (κ1) is 16.5. The van der Waals surface area contributed by atoms with Crippen LogP contribution in [0.2, 0.25) is 0 Å². The number of rotatable bonds is 6. The third-order valence-corrected chi connectivity index (χ3v) is 4.34. The van der Waals surface area contributed by atoms with Crippen LogP contribution in [0.3, 0.4) is 0 Å². The van der Waals surface area contributed by atoms with E-state index in [4.69, 9.17) is 10.6 Å². The Balaban J connectivity index is 2.42. The average Bonchev–Trinajstić information content (AvgIpc) is 2.54. The number of para-hydroxylation sites is 2. The smallest absolute Gasteiger partial charge is 0.293 e. The van der Waals surface area contributed by atoms with Crippen LogP contribution in [-0.2, 0) is 10.0 Å². The molecule has 0 saturated heterocycles. The van der Waals surface area contributed by atoms with Crippen molar-refractivity contribution in [2.24, 2.45) is 5.84 Å². The number of nitro benzene ring substituents is 1. The van der Waals surface area contributed by atoms with Crippen LogP contribution in [0.5, 0.6) is 5.75 Å². The lowest BCUT2D eigenvalue weighted by Gasteiger charge is -2.12. The molecule has 2 aromatic rings. The Hall–Kier alpha value is -2.85. The highest BCUT2D eigenvalue weighted by Gasteiger charge is 2.21. The molecule has 0 bridgehead atoms. The van der Waals surface area contributed by atoms with E-state index in [-0.39, 0.29) is 22.0 Å². The number of nitrogens with zero attached hydrogens (tertiary/aromatic N) is 1. The third kappa shape index (κ3) is 3.49. The van der Waals surface area contributed by atoms with E-state index in [1.807, 2.05) is 0 Å². The fraction of sp³-hybridized carbons (Fsp3) is 0.0769. The number of hydrogen-bond acceptors (Lipinski definition) is 7. The Morgan fingerprint density at radius 1 is 1.17 bits per heavy atom. The molecule has 0 saturated carbocycles. The molecule has 0 heterocycles. The van der Waals surface area contributed by atoms with Crippen LogP contribution in [-0.4, -0.2) is 20.5 Å². The molecule has 0 spiro atoms. The first-order valence-electron chi connectivity index (χ1n) is 6.30. The van der Waals surface area contributed by atoms with Crippen LogP contribution >= 0.6 is 0 Å². The molecule has 0 radical (unpaired) electrons. The Bertz CT molecular complexity index is 838. The van der Waals surface area contributed by atoms with Crippen molar-refractivity contribution in [3.8, 4) is 5.75 Å². The Morgan fingerprint density at radius 2 is 1.87 bits per heavy atom. The monoisotopic (exact) mass is 338 g/mol. The quantitative estimate of drug-likeness (QED) is 0.414. The summed E-state index contributed by atoms with van der Waals surface area (Å²) in [5, 5.41) is 10.8. The lowest BCUT2D eigenvalue weighted by molar-refractivity contribution is -0.384. The molecule has 10 heteroatoms. The van der Waals surface area contributed by atoms with E-state index < -0.39 is 14.9 Å². The number of hydrazine groups is 1. The molecule has 0 unspecified atom stereocenters. The maximum Gasteiger partial charge on any atom is 0.293 e. The minimum Gasteiger partial charge on any atom is -0.495 e. The maximum atomic E-state index is 12.4. The topological polar surface area (TPSA) is 137 Å². The summed E-state index contributed by atoms with van der Waals surface area (Å²) in [4.78, 5) is 10.00. The zero-order valence-electron chi connectivity index (χ0n) is 12.0. The highest BCUT2D eigenvalue weighted by molar-refractivity contribution is 7.92. The van der Waals surface area contributed by atoms with E-state index in [1.54, 1.807) is 18.2 Å². The van der Waals surface area contributed by atoms with Crippen molar-refractivity contribution in [3.05, 3.63) is 52.6 Å². The lowest BCUT2D eigenvalue weighted by Crippen LogP contribution is -2.15. The molecule has 9 nitrogen and oxygen atoms in total. The van der Waals surface area contributed by atoms with Gasteiger partial charge >= 0.3 is 0 Å². The van der Waals surface area contributed by atoms with Gasteiger partial charge in [-0.3, -0.25) is 20.7 Å². The van der Waals surface area contributed by atoms with E-state index in [9.17, 15) is 18.5 Å². The summed E-state index contributed by atoms with van der Waals surface area (Å²) in [6.45, 7) is 0. The van der Waals surface area contributed by atoms with Crippen LogP contribution in [0.1, 0.15) is 0 Å². The summed E-state index contributed by atoms with van der Waals surface area (Å²) in [5.41, 5.74) is 1.92. The van der Waals surface area contributed by atoms with Gasteiger partial charge in [0.1, 0.15) is 11.4 Å². The zero-order chi connectivity index (χ0) is 17.0. The SMILES string of the molecule is COc1ccccc1NS(=O)(=O)c1ccc([N+](=O)[O-])c(NN)c1. The molecule has 4 N–H and O–H groups in total. The average molecular weight is 338 g/mol. The van der Waals surface area contributed by atoms with Crippen molar-refractivity contribution >= 4 is 27.1 Å². The van der Waals surface area contributed by atoms with Gasteiger partial charge in [0.2, 0.25) is 0 Å². The first-order valence-corrected chi connectivity index (χ1v) is 7.78. The lowest BCUT2D eigenvalue weighted by atomic mass is 10.3. The second kappa shape index (κ2) is 6.50. The number of hydrogen-bond donors (Lipinski definition) is 3. The Kier molecular flexibility index (Phi) is 4.67. The number of anilines is 2. The number of benzene rings is 2. The summed E-state index contributed by atoms with van der Waals surface area (Å²) in [6.07, 6.45) is 0. The number of methoxy groups -OCH3 is 1. The van der Waals surface area contributed by atoms with Crippen LogP contribution in [0, 0.1) is 10.1 Å². The van der Waals surface area contributed by atoms with Gasteiger partial charge in [-0.15, -0.1) is 0 Å². The van der Waals surface area contributed by atoms with Gasteiger partial charge in [0.05, 0.1) is 22.6 Å². The van der Waals surface area contributed by atoms with Gasteiger partial charge in [-0.1, -0.05) is 12.1 Å². The van der Waals surface area contributed by atoms with Gasteiger partial charge < -0.3 is 10.2 Å². The van der Waals surface area contributed by atoms with Gasteiger partial charge in [-0.2, -0.15) is 0 Å². The molecular weight excluding hydrogens is 324 g/mol. The molecule has 122 valence electrons. The predicted octanol–water partition coefficient (Wildman–Crippen LogP) is 1.69. The zero-order valence-corrected chi connectivity index (χ0v) is 12.8. The van der Waals surface area contributed by atoms with Crippen LogP contribution < -0.4 is 20.7 Å². The van der Waals surface area contributed by atoms with Crippen molar-refractivity contribution in [2.45, 2.75) is 4.90 Å². The molecule has 0 aromatic heterocycles. The van der Waals surface area contributed by atoms with Gasteiger partial charge in [-0.05, 0) is 24.3 Å². The van der Waals surface area contributed by atoms with Crippen molar-refractivity contribution in [1.82, 2.24) is 0 Å². The van der Waals surface area contributed by atoms with Crippen molar-refractivity contribution in [1.29, 1.82) is 0 Å². The molecule has 0 aliphatic rings. The summed E-state index contributed by atoms with van der Waals surface area (Å²) in [7, 11) is -2.56. The van der Waals surface area contributed by atoms with Crippen LogP contribution in [0.4, 0.5) is 17.1 Å². The van der Waals surface area contributed by atoms with Gasteiger partial charge in [0.15, 0.2) is 0 Å². The number of nitrogens with two attached hydrogens (primary N) is 1. The van der Waals surface area contributed by atoms with E-state index in [2.05, 4.69) is 10.1 Å². The standard InChI is InChI=1S/C13H14N4O5S/c1-22-13-5-3-2-4-10(13)16-23(20,21)9-6-7-12(17(18)19)11(8-9)15-14/h2-8,15-16H,14H2,1H3. The Labute approximate surface area is 132 Å². The molecule has 2 aromatic carbocycles. The molecule has 0 fully saturated rings. The second-order valence-corrected chi connectivity index (χ2v) is 6.07. The minimum atomic E-state index is -3.97. The normalized spacial score (nSPS) is 10.9. The van der Waals surface area contributed by atoms with Gasteiger partial charge in [-0.25, -0.2) is 8.42 Å². The van der Waals surface area contributed by atoms with Crippen molar-refractivity contribution in [2.75, 3.05) is 17.3 Å². The number of ether oxygens (including phenoxy) is 1. The van der Waals surface area contributed by atoms with E-state index in [0.717, 1.165) is 18.2 Å². The highest BCUT2D eigenvalue weighted by atomic mass is 32.2. The number of sulfonamides is 1. The third-order valence-electron chi connectivity index (χ3n) is 2.98. The van der Waals surface area contributed by atoms with Gasteiger partial charge in [0.25, 0.3) is 15.7 Å². The summed E-state index contributed by atoms with van der Waals surface area (Å²) >= 11 is 0. The molecular formula is C13H14N4O5S.